The number of nitrogens with one attached hydrogen (secondary N) is 1. The molecular weight excluding hydrogens is 359 g/mol. The van der Waals surface area contributed by atoms with E-state index in [9.17, 15) is 4.79 Å². The second kappa shape index (κ2) is 9.70. The Hall–Kier alpha value is -0.520. The van der Waals surface area contributed by atoms with Gasteiger partial charge >= 0.3 is 0 Å². The summed E-state index contributed by atoms with van der Waals surface area (Å²) in [7, 11) is 0. The molecule has 1 fully saturated rings. The van der Waals surface area contributed by atoms with Crippen molar-refractivity contribution in [3.05, 3.63) is 33.8 Å². The van der Waals surface area contributed by atoms with E-state index in [1.54, 1.807) is 0 Å². The number of carbonyl (C=O) groups excluding carboxylic acids is 1. The van der Waals surface area contributed by atoms with E-state index in [4.69, 9.17) is 39.5 Å². The largest absolute Gasteiger partial charge is 0.374 e. The zero-order valence-corrected chi connectivity index (χ0v) is 15.1. The average molecular weight is 380 g/mol. The normalized spacial score (nSPS) is 18.8. The zero-order valence-electron chi connectivity index (χ0n) is 12.9. The maximum absolute atomic E-state index is 11.6. The molecule has 1 heterocycles. The molecule has 128 valence electrons. The van der Waals surface area contributed by atoms with E-state index < -0.39 is 0 Å². The monoisotopic (exact) mass is 378 g/mol. The van der Waals surface area contributed by atoms with Crippen LogP contribution < -0.4 is 5.32 Å². The number of nitrogens with zero attached hydrogens (tertiary/aromatic N) is 1. The summed E-state index contributed by atoms with van der Waals surface area (Å²) in [6.07, 6.45) is 1.16. The first-order chi connectivity index (χ1) is 11.1. The highest BCUT2D eigenvalue weighted by Crippen LogP contribution is 2.23. The van der Waals surface area contributed by atoms with Crippen LogP contribution in [0.2, 0.25) is 10.0 Å². The Morgan fingerprint density at radius 2 is 2.17 bits per heavy atom. The summed E-state index contributed by atoms with van der Waals surface area (Å²) in [5, 5.41) is 4.04. The van der Waals surface area contributed by atoms with Crippen molar-refractivity contribution in [2.45, 2.75) is 25.5 Å². The minimum absolute atomic E-state index is 0.00599. The Morgan fingerprint density at radius 1 is 1.35 bits per heavy atom. The summed E-state index contributed by atoms with van der Waals surface area (Å²) in [6, 6.07) is 5.68. The van der Waals surface area contributed by atoms with Crippen LogP contribution in [0.15, 0.2) is 18.2 Å². The summed E-state index contributed by atoms with van der Waals surface area (Å²) in [5.74, 6) is 0.529. The first-order valence-corrected chi connectivity index (χ1v) is 8.98. The molecule has 1 saturated heterocycles. The maximum Gasteiger partial charge on any atom is 0.220 e. The summed E-state index contributed by atoms with van der Waals surface area (Å²) in [4.78, 5) is 13.9. The number of amides is 1. The van der Waals surface area contributed by atoms with Crippen LogP contribution in [-0.4, -0.2) is 49.0 Å². The molecule has 0 bridgehead atoms. The summed E-state index contributed by atoms with van der Waals surface area (Å²) in [6.45, 7) is 3.60. The van der Waals surface area contributed by atoms with Crippen molar-refractivity contribution in [2.24, 2.45) is 0 Å². The number of rotatable bonds is 7. The van der Waals surface area contributed by atoms with E-state index >= 15 is 0 Å². The molecule has 1 amide bonds. The van der Waals surface area contributed by atoms with Gasteiger partial charge in [-0.15, -0.1) is 11.6 Å². The third-order valence-corrected chi connectivity index (χ3v) is 4.68. The number of morpholine rings is 1. The van der Waals surface area contributed by atoms with E-state index in [0.717, 1.165) is 25.2 Å². The molecule has 1 aromatic carbocycles. The minimum atomic E-state index is 0.00599. The summed E-state index contributed by atoms with van der Waals surface area (Å²) >= 11 is 17.6. The smallest absolute Gasteiger partial charge is 0.220 e. The number of hydrogen-bond acceptors (Lipinski definition) is 3. The fourth-order valence-electron chi connectivity index (χ4n) is 2.49. The Labute approximate surface area is 152 Å². The fourth-order valence-corrected chi connectivity index (χ4v) is 2.94. The van der Waals surface area contributed by atoms with Crippen LogP contribution in [0.3, 0.4) is 0 Å². The Bertz CT molecular complexity index is 528. The van der Waals surface area contributed by atoms with Gasteiger partial charge in [0.15, 0.2) is 0 Å². The molecule has 0 saturated carbocycles. The van der Waals surface area contributed by atoms with Gasteiger partial charge in [0.05, 0.1) is 22.8 Å². The van der Waals surface area contributed by atoms with E-state index in [-0.39, 0.29) is 12.0 Å². The van der Waals surface area contributed by atoms with E-state index in [2.05, 4.69) is 10.2 Å². The zero-order chi connectivity index (χ0) is 16.7. The van der Waals surface area contributed by atoms with Crippen molar-refractivity contribution in [3.63, 3.8) is 0 Å². The molecule has 1 atom stereocenters. The lowest BCUT2D eigenvalue weighted by Crippen LogP contribution is -2.47. The first-order valence-electron chi connectivity index (χ1n) is 7.69. The maximum atomic E-state index is 11.6. The standard InChI is InChI=1S/C16H21Cl3N2O2/c17-5-1-2-16(22)20-9-13-11-21(6-7-23-13)10-12-3-4-14(18)15(19)8-12/h3-4,8,13H,1-2,5-7,9-11H2,(H,20,22)/t13-/m0/s1. The molecule has 1 aliphatic heterocycles. The van der Waals surface area contributed by atoms with Gasteiger partial charge in [0, 0.05) is 38.5 Å². The summed E-state index contributed by atoms with van der Waals surface area (Å²) in [5.41, 5.74) is 1.12. The predicted octanol–water partition coefficient (Wildman–Crippen LogP) is 3.33. The number of benzene rings is 1. The van der Waals surface area contributed by atoms with Crippen molar-refractivity contribution < 1.29 is 9.53 Å². The van der Waals surface area contributed by atoms with Gasteiger partial charge in [-0.3, -0.25) is 9.69 Å². The van der Waals surface area contributed by atoms with Crippen molar-refractivity contribution in [1.29, 1.82) is 0 Å². The molecule has 2 rings (SSSR count). The third-order valence-electron chi connectivity index (χ3n) is 3.68. The van der Waals surface area contributed by atoms with Crippen LogP contribution in [0.5, 0.6) is 0 Å². The Balaban J connectivity index is 1.78. The van der Waals surface area contributed by atoms with E-state index in [0.29, 0.717) is 41.9 Å². The molecule has 23 heavy (non-hydrogen) atoms. The molecule has 1 aromatic rings. The van der Waals surface area contributed by atoms with Gasteiger partial charge in [-0.05, 0) is 24.1 Å². The number of alkyl halides is 1. The number of hydrogen-bond donors (Lipinski definition) is 1. The van der Waals surface area contributed by atoms with Crippen LogP contribution in [0.4, 0.5) is 0 Å². The lowest BCUT2D eigenvalue weighted by molar-refractivity contribution is -0.122. The highest BCUT2D eigenvalue weighted by molar-refractivity contribution is 6.42. The topological polar surface area (TPSA) is 41.6 Å². The van der Waals surface area contributed by atoms with Crippen molar-refractivity contribution in [1.82, 2.24) is 10.2 Å². The fraction of sp³-hybridized carbons (Fsp3) is 0.562. The molecule has 0 aromatic heterocycles. The number of halogens is 3. The van der Waals surface area contributed by atoms with Gasteiger partial charge in [-0.1, -0.05) is 29.3 Å². The molecule has 0 unspecified atom stereocenters. The second-order valence-corrected chi connectivity index (χ2v) is 6.77. The lowest BCUT2D eigenvalue weighted by Gasteiger charge is -2.33. The molecule has 7 heteroatoms. The van der Waals surface area contributed by atoms with Crippen LogP contribution in [-0.2, 0) is 16.1 Å². The van der Waals surface area contributed by atoms with Gasteiger partial charge in [0.1, 0.15) is 0 Å². The molecule has 4 nitrogen and oxygen atoms in total. The molecule has 1 aliphatic rings. The van der Waals surface area contributed by atoms with E-state index in [1.165, 1.54) is 0 Å². The molecule has 1 N–H and O–H groups in total. The van der Waals surface area contributed by atoms with Gasteiger partial charge in [0.2, 0.25) is 5.91 Å². The van der Waals surface area contributed by atoms with Crippen molar-refractivity contribution in [2.75, 3.05) is 32.1 Å². The lowest BCUT2D eigenvalue weighted by atomic mass is 10.2. The van der Waals surface area contributed by atoms with E-state index in [1.807, 2.05) is 18.2 Å². The second-order valence-electron chi connectivity index (χ2n) is 5.57. The predicted molar refractivity (Wildman–Crippen MR) is 94.4 cm³/mol. The highest BCUT2D eigenvalue weighted by atomic mass is 35.5. The van der Waals surface area contributed by atoms with Crippen LogP contribution in [0, 0.1) is 0 Å². The summed E-state index contributed by atoms with van der Waals surface area (Å²) < 4.78 is 5.71. The van der Waals surface area contributed by atoms with Crippen molar-refractivity contribution >= 4 is 40.7 Å². The number of carbonyl (C=O) groups is 1. The van der Waals surface area contributed by atoms with Crippen LogP contribution in [0.25, 0.3) is 0 Å². The van der Waals surface area contributed by atoms with Crippen LogP contribution >= 0.6 is 34.8 Å². The first kappa shape index (κ1) is 18.8. The molecule has 0 spiro atoms. The van der Waals surface area contributed by atoms with Crippen molar-refractivity contribution in [3.8, 4) is 0 Å². The molecule has 0 radical (unpaired) electrons. The Morgan fingerprint density at radius 3 is 2.91 bits per heavy atom. The molecular formula is C16H21Cl3N2O2. The Kier molecular flexibility index (Phi) is 7.93. The quantitative estimate of drug-likeness (QED) is 0.739. The SMILES string of the molecule is O=C(CCCCl)NC[C@H]1CN(Cc2ccc(Cl)c(Cl)c2)CCO1. The average Bonchev–Trinajstić information content (AvgIpc) is 2.55. The van der Waals surface area contributed by atoms with Gasteiger partial charge < -0.3 is 10.1 Å². The van der Waals surface area contributed by atoms with Gasteiger partial charge in [-0.25, -0.2) is 0 Å². The van der Waals surface area contributed by atoms with Gasteiger partial charge in [-0.2, -0.15) is 0 Å². The van der Waals surface area contributed by atoms with Gasteiger partial charge in [0.25, 0.3) is 0 Å². The highest BCUT2D eigenvalue weighted by Gasteiger charge is 2.21. The van der Waals surface area contributed by atoms with Crippen LogP contribution in [0.1, 0.15) is 18.4 Å². The minimum Gasteiger partial charge on any atom is -0.374 e. The third kappa shape index (κ3) is 6.48. The number of ether oxygens (including phenoxy) is 1. The molecule has 0 aliphatic carbocycles.